The fourth-order valence-electron chi connectivity index (χ4n) is 2.93. The van der Waals surface area contributed by atoms with Gasteiger partial charge in [-0.25, -0.2) is 0 Å². The third-order valence-electron chi connectivity index (χ3n) is 4.05. The van der Waals surface area contributed by atoms with Crippen molar-refractivity contribution < 1.29 is 24.2 Å². The Labute approximate surface area is 131 Å². The van der Waals surface area contributed by atoms with E-state index < -0.39 is 5.97 Å². The SMILES string of the molecule is COc1cc2sc3c(c2cc1OC)CC(CCC(=O)O)C3=O. The van der Waals surface area contributed by atoms with Gasteiger partial charge in [0.05, 0.1) is 19.1 Å². The first kappa shape index (κ1) is 14.8. The van der Waals surface area contributed by atoms with Gasteiger partial charge < -0.3 is 14.6 Å². The molecule has 0 saturated heterocycles. The van der Waals surface area contributed by atoms with E-state index in [1.807, 2.05) is 12.1 Å². The van der Waals surface area contributed by atoms with E-state index in [1.165, 1.54) is 11.3 Å². The number of Topliss-reactive ketones (excluding diaryl/α,β-unsaturated/α-hetero) is 1. The molecule has 0 amide bonds. The second kappa shape index (κ2) is 5.61. The lowest BCUT2D eigenvalue weighted by atomic mass is 9.99. The Kier molecular flexibility index (Phi) is 3.78. The Bertz CT molecular complexity index is 761. The van der Waals surface area contributed by atoms with Crippen LogP contribution in [0.2, 0.25) is 0 Å². The third kappa shape index (κ3) is 2.33. The fourth-order valence-corrected chi connectivity index (χ4v) is 4.19. The van der Waals surface area contributed by atoms with Gasteiger partial charge in [0.25, 0.3) is 0 Å². The lowest BCUT2D eigenvalue weighted by Gasteiger charge is -2.09. The van der Waals surface area contributed by atoms with Gasteiger partial charge in [-0.2, -0.15) is 0 Å². The molecule has 0 saturated carbocycles. The number of methoxy groups -OCH3 is 2. The van der Waals surface area contributed by atoms with Crippen molar-refractivity contribution in [2.45, 2.75) is 19.3 Å². The molecule has 6 heteroatoms. The van der Waals surface area contributed by atoms with E-state index in [0.717, 1.165) is 20.5 Å². The van der Waals surface area contributed by atoms with Crippen LogP contribution in [0, 0.1) is 5.92 Å². The number of aliphatic carboxylic acids is 1. The minimum Gasteiger partial charge on any atom is -0.493 e. The van der Waals surface area contributed by atoms with Crippen molar-refractivity contribution in [1.29, 1.82) is 0 Å². The molecular weight excluding hydrogens is 304 g/mol. The number of carbonyl (C=O) groups is 2. The Morgan fingerprint density at radius 3 is 2.64 bits per heavy atom. The fraction of sp³-hybridized carbons (Fsp3) is 0.375. The quantitative estimate of drug-likeness (QED) is 0.916. The number of ketones is 1. The third-order valence-corrected chi connectivity index (χ3v) is 5.26. The van der Waals surface area contributed by atoms with E-state index in [4.69, 9.17) is 14.6 Å². The van der Waals surface area contributed by atoms with Gasteiger partial charge in [-0.05, 0) is 24.5 Å². The van der Waals surface area contributed by atoms with Gasteiger partial charge in [0, 0.05) is 28.5 Å². The van der Waals surface area contributed by atoms with Gasteiger partial charge in [0.15, 0.2) is 17.3 Å². The molecule has 5 nitrogen and oxygen atoms in total. The van der Waals surface area contributed by atoms with Gasteiger partial charge in [-0.1, -0.05) is 0 Å². The monoisotopic (exact) mass is 320 g/mol. The molecule has 0 aliphatic heterocycles. The van der Waals surface area contributed by atoms with Crippen LogP contribution in [-0.4, -0.2) is 31.1 Å². The van der Waals surface area contributed by atoms with Crippen molar-refractivity contribution in [3.8, 4) is 11.5 Å². The Morgan fingerprint density at radius 1 is 1.32 bits per heavy atom. The number of hydrogen-bond acceptors (Lipinski definition) is 5. The number of ether oxygens (including phenoxy) is 2. The Hall–Kier alpha value is -2.08. The summed E-state index contributed by atoms with van der Waals surface area (Å²) in [6.07, 6.45) is 1.03. The number of carbonyl (C=O) groups excluding carboxylic acids is 1. The second-order valence-electron chi connectivity index (χ2n) is 5.31. The largest absolute Gasteiger partial charge is 0.493 e. The molecule has 0 spiro atoms. The zero-order chi connectivity index (χ0) is 15.9. The number of benzene rings is 1. The van der Waals surface area contributed by atoms with Crippen LogP contribution in [0.3, 0.4) is 0 Å². The zero-order valence-electron chi connectivity index (χ0n) is 12.3. The van der Waals surface area contributed by atoms with Crippen molar-refractivity contribution in [3.63, 3.8) is 0 Å². The summed E-state index contributed by atoms with van der Waals surface area (Å²) in [7, 11) is 3.16. The maximum atomic E-state index is 12.4. The van der Waals surface area contributed by atoms with Crippen molar-refractivity contribution in [2.75, 3.05) is 14.2 Å². The first-order valence-corrected chi connectivity index (χ1v) is 7.80. The van der Waals surface area contributed by atoms with Crippen molar-refractivity contribution in [3.05, 3.63) is 22.6 Å². The number of thiophene rings is 1. The van der Waals surface area contributed by atoms with Crippen molar-refractivity contribution in [2.24, 2.45) is 5.92 Å². The first-order valence-electron chi connectivity index (χ1n) is 6.98. The molecular formula is C16H16O5S. The molecule has 3 rings (SSSR count). The molecule has 22 heavy (non-hydrogen) atoms. The predicted octanol–water partition coefficient (Wildman–Crippen LogP) is 3.14. The molecule has 2 aromatic rings. The molecule has 1 unspecified atom stereocenters. The summed E-state index contributed by atoms with van der Waals surface area (Å²) >= 11 is 1.45. The van der Waals surface area contributed by atoms with Crippen molar-refractivity contribution in [1.82, 2.24) is 0 Å². The van der Waals surface area contributed by atoms with Gasteiger partial charge in [-0.15, -0.1) is 11.3 Å². The second-order valence-corrected chi connectivity index (χ2v) is 6.36. The van der Waals surface area contributed by atoms with E-state index in [1.54, 1.807) is 14.2 Å². The number of carboxylic acids is 1. The lowest BCUT2D eigenvalue weighted by molar-refractivity contribution is -0.137. The van der Waals surface area contributed by atoms with E-state index in [0.29, 0.717) is 24.3 Å². The average Bonchev–Trinajstić information content (AvgIpc) is 3.00. The van der Waals surface area contributed by atoms with Crippen LogP contribution in [0.15, 0.2) is 12.1 Å². The normalized spacial score (nSPS) is 16.8. The molecule has 1 atom stereocenters. The molecule has 0 radical (unpaired) electrons. The highest BCUT2D eigenvalue weighted by molar-refractivity contribution is 7.21. The number of rotatable bonds is 5. The van der Waals surface area contributed by atoms with Gasteiger partial charge >= 0.3 is 5.97 Å². The smallest absolute Gasteiger partial charge is 0.303 e. The molecule has 1 aromatic heterocycles. The Morgan fingerprint density at radius 2 is 2.00 bits per heavy atom. The molecule has 0 fully saturated rings. The molecule has 0 bridgehead atoms. The molecule has 1 aliphatic carbocycles. The molecule has 1 heterocycles. The first-order chi connectivity index (χ1) is 10.5. The maximum absolute atomic E-state index is 12.4. The van der Waals surface area contributed by atoms with Crippen molar-refractivity contribution >= 4 is 33.2 Å². The summed E-state index contributed by atoms with van der Waals surface area (Å²) in [6.45, 7) is 0. The van der Waals surface area contributed by atoms with Crippen LogP contribution in [0.1, 0.15) is 28.1 Å². The maximum Gasteiger partial charge on any atom is 0.303 e. The number of carboxylic acid groups (broad SMARTS) is 1. The number of fused-ring (bicyclic) bond motifs is 3. The van der Waals surface area contributed by atoms with E-state index in [-0.39, 0.29) is 18.1 Å². The van der Waals surface area contributed by atoms with Crippen LogP contribution in [0.4, 0.5) is 0 Å². The molecule has 1 aliphatic rings. The molecule has 1 N–H and O–H groups in total. The van der Waals surface area contributed by atoms with Gasteiger partial charge in [0.2, 0.25) is 0 Å². The van der Waals surface area contributed by atoms with Crippen LogP contribution in [-0.2, 0) is 11.2 Å². The zero-order valence-corrected chi connectivity index (χ0v) is 13.2. The van der Waals surface area contributed by atoms with E-state index in [2.05, 4.69) is 0 Å². The van der Waals surface area contributed by atoms with Crippen LogP contribution in [0.25, 0.3) is 10.1 Å². The minimum absolute atomic E-state index is 0.0282. The molecule has 1 aromatic carbocycles. The lowest BCUT2D eigenvalue weighted by Crippen LogP contribution is -2.10. The number of hydrogen-bond donors (Lipinski definition) is 1. The topological polar surface area (TPSA) is 72.8 Å². The van der Waals surface area contributed by atoms with E-state index in [9.17, 15) is 9.59 Å². The highest BCUT2D eigenvalue weighted by Crippen LogP contribution is 2.44. The summed E-state index contributed by atoms with van der Waals surface area (Å²) in [5, 5.41) is 9.79. The highest BCUT2D eigenvalue weighted by atomic mass is 32.1. The minimum atomic E-state index is -0.862. The highest BCUT2D eigenvalue weighted by Gasteiger charge is 2.34. The summed E-state index contributed by atoms with van der Waals surface area (Å²) < 4.78 is 11.6. The Balaban J connectivity index is 1.99. The summed E-state index contributed by atoms with van der Waals surface area (Å²) in [6, 6.07) is 3.78. The van der Waals surface area contributed by atoms with Crippen LogP contribution in [0.5, 0.6) is 11.5 Å². The van der Waals surface area contributed by atoms with Crippen LogP contribution < -0.4 is 9.47 Å². The summed E-state index contributed by atoms with van der Waals surface area (Å²) in [5.41, 5.74) is 1.02. The standard InChI is InChI=1S/C16H16O5S/c1-20-11-6-9-10-5-8(3-4-14(17)18)15(19)16(10)22-13(9)7-12(11)21-2/h6-8H,3-5H2,1-2H3,(H,17,18). The van der Waals surface area contributed by atoms with E-state index >= 15 is 0 Å². The average molecular weight is 320 g/mol. The summed E-state index contributed by atoms with van der Waals surface area (Å²) in [5.74, 6) is 0.270. The van der Waals surface area contributed by atoms with Gasteiger partial charge in [-0.3, -0.25) is 9.59 Å². The van der Waals surface area contributed by atoms with Crippen LogP contribution >= 0.6 is 11.3 Å². The summed E-state index contributed by atoms with van der Waals surface area (Å²) in [4.78, 5) is 23.9. The molecule has 116 valence electrons. The van der Waals surface area contributed by atoms with Gasteiger partial charge in [0.1, 0.15) is 0 Å². The predicted molar refractivity (Wildman–Crippen MR) is 83.3 cm³/mol.